The summed E-state index contributed by atoms with van der Waals surface area (Å²) in [5.74, 6) is 2.21. The minimum absolute atomic E-state index is 0.265. The number of anilines is 1. The topological polar surface area (TPSA) is 67.1 Å². The van der Waals surface area contributed by atoms with Crippen LogP contribution < -0.4 is 4.90 Å². The molecule has 1 aliphatic heterocycles. The first kappa shape index (κ1) is 15.0. The minimum Gasteiger partial charge on any atom is -0.396 e. The quantitative estimate of drug-likeness (QED) is 0.934. The number of aromatic nitrogens is 4. The lowest BCUT2D eigenvalue weighted by Crippen LogP contribution is -2.36. The van der Waals surface area contributed by atoms with Gasteiger partial charge >= 0.3 is 0 Å². The zero-order chi connectivity index (χ0) is 15.5. The van der Waals surface area contributed by atoms with Gasteiger partial charge in [-0.05, 0) is 57.2 Å². The standard InChI is InChI=1S/C16H23N5O/c1-12-10-13(2)21(19-12)16-6-5-15(17-18-16)20-8-3-4-14(11-20)7-9-22/h5-6,10,14,22H,3-4,7-9,11H2,1-2H3/t14-/m0/s1. The predicted octanol–water partition coefficient (Wildman–Crippen LogP) is 1.88. The predicted molar refractivity (Wildman–Crippen MR) is 85.3 cm³/mol. The summed E-state index contributed by atoms with van der Waals surface area (Å²) in [7, 11) is 0. The number of piperidine rings is 1. The summed E-state index contributed by atoms with van der Waals surface area (Å²) in [6.07, 6.45) is 3.20. The molecule has 1 fully saturated rings. The summed E-state index contributed by atoms with van der Waals surface area (Å²) in [5, 5.41) is 22.2. The Morgan fingerprint density at radius 1 is 1.23 bits per heavy atom. The normalized spacial score (nSPS) is 18.7. The van der Waals surface area contributed by atoms with Crippen LogP contribution in [-0.2, 0) is 0 Å². The van der Waals surface area contributed by atoms with E-state index < -0.39 is 0 Å². The van der Waals surface area contributed by atoms with Crippen LogP contribution in [0.25, 0.3) is 5.82 Å². The summed E-state index contributed by atoms with van der Waals surface area (Å²) < 4.78 is 1.82. The molecule has 0 spiro atoms. The molecule has 22 heavy (non-hydrogen) atoms. The van der Waals surface area contributed by atoms with Gasteiger partial charge in [-0.2, -0.15) is 5.10 Å². The summed E-state index contributed by atoms with van der Waals surface area (Å²) in [5.41, 5.74) is 2.03. The van der Waals surface area contributed by atoms with Crippen LogP contribution in [0.5, 0.6) is 0 Å². The molecule has 1 atom stereocenters. The molecule has 118 valence electrons. The molecule has 6 heteroatoms. The third kappa shape index (κ3) is 3.11. The Hall–Kier alpha value is -1.95. The lowest BCUT2D eigenvalue weighted by atomic mass is 9.95. The Morgan fingerprint density at radius 3 is 2.64 bits per heavy atom. The first-order valence-corrected chi connectivity index (χ1v) is 7.90. The van der Waals surface area contributed by atoms with Crippen molar-refractivity contribution >= 4 is 5.82 Å². The van der Waals surface area contributed by atoms with Crippen molar-refractivity contribution in [3.63, 3.8) is 0 Å². The van der Waals surface area contributed by atoms with Crippen LogP contribution in [0.3, 0.4) is 0 Å². The van der Waals surface area contributed by atoms with E-state index in [0.29, 0.717) is 5.92 Å². The van der Waals surface area contributed by atoms with Crippen LogP contribution in [0.4, 0.5) is 5.82 Å². The molecule has 2 aromatic rings. The second kappa shape index (κ2) is 6.44. The van der Waals surface area contributed by atoms with E-state index in [1.54, 1.807) is 0 Å². The van der Waals surface area contributed by atoms with E-state index in [1.807, 2.05) is 36.7 Å². The number of aliphatic hydroxyl groups is 1. The molecular weight excluding hydrogens is 278 g/mol. The van der Waals surface area contributed by atoms with Gasteiger partial charge in [0.1, 0.15) is 0 Å². The van der Waals surface area contributed by atoms with Gasteiger partial charge in [-0.3, -0.25) is 0 Å². The lowest BCUT2D eigenvalue weighted by molar-refractivity contribution is 0.244. The fourth-order valence-corrected chi connectivity index (χ4v) is 3.15. The summed E-state index contributed by atoms with van der Waals surface area (Å²) >= 11 is 0. The Kier molecular flexibility index (Phi) is 4.38. The molecule has 3 rings (SSSR count). The third-order valence-electron chi connectivity index (χ3n) is 4.24. The maximum absolute atomic E-state index is 9.11. The molecule has 0 amide bonds. The Morgan fingerprint density at radius 2 is 2.00 bits per heavy atom. The molecule has 2 aromatic heterocycles. The number of aliphatic hydroxyl groups excluding tert-OH is 1. The molecule has 0 aliphatic carbocycles. The van der Waals surface area contributed by atoms with E-state index in [4.69, 9.17) is 5.11 Å². The van der Waals surface area contributed by atoms with Crippen molar-refractivity contribution in [2.24, 2.45) is 5.92 Å². The van der Waals surface area contributed by atoms with Gasteiger partial charge in [-0.25, -0.2) is 4.68 Å². The smallest absolute Gasteiger partial charge is 0.176 e. The van der Waals surface area contributed by atoms with Gasteiger partial charge < -0.3 is 10.0 Å². The zero-order valence-corrected chi connectivity index (χ0v) is 13.2. The fourth-order valence-electron chi connectivity index (χ4n) is 3.15. The largest absolute Gasteiger partial charge is 0.396 e. The van der Waals surface area contributed by atoms with Crippen LogP contribution in [0.15, 0.2) is 18.2 Å². The molecule has 0 bridgehead atoms. The minimum atomic E-state index is 0.265. The van der Waals surface area contributed by atoms with Crippen LogP contribution >= 0.6 is 0 Å². The average Bonchev–Trinajstić information content (AvgIpc) is 2.87. The summed E-state index contributed by atoms with van der Waals surface area (Å²) in [4.78, 5) is 2.27. The molecule has 0 radical (unpaired) electrons. The first-order valence-electron chi connectivity index (χ1n) is 7.90. The van der Waals surface area contributed by atoms with Crippen molar-refractivity contribution in [2.75, 3.05) is 24.6 Å². The van der Waals surface area contributed by atoms with Gasteiger partial charge in [-0.1, -0.05) is 0 Å². The van der Waals surface area contributed by atoms with Crippen molar-refractivity contribution in [2.45, 2.75) is 33.1 Å². The molecule has 1 saturated heterocycles. The highest BCUT2D eigenvalue weighted by Crippen LogP contribution is 2.23. The molecule has 0 saturated carbocycles. The molecular formula is C16H23N5O. The van der Waals surface area contributed by atoms with Crippen LogP contribution in [0.1, 0.15) is 30.7 Å². The Bertz CT molecular complexity index is 620. The maximum atomic E-state index is 9.11. The number of hydrogen-bond acceptors (Lipinski definition) is 5. The number of rotatable bonds is 4. The van der Waals surface area contributed by atoms with Crippen molar-refractivity contribution in [3.8, 4) is 5.82 Å². The highest BCUT2D eigenvalue weighted by Gasteiger charge is 2.20. The lowest BCUT2D eigenvalue weighted by Gasteiger charge is -2.33. The Labute approximate surface area is 130 Å². The van der Waals surface area contributed by atoms with Crippen molar-refractivity contribution in [3.05, 3.63) is 29.6 Å². The number of nitrogens with zero attached hydrogens (tertiary/aromatic N) is 5. The van der Waals surface area contributed by atoms with Gasteiger partial charge in [-0.15, -0.1) is 10.2 Å². The van der Waals surface area contributed by atoms with E-state index in [-0.39, 0.29) is 6.61 Å². The van der Waals surface area contributed by atoms with E-state index in [9.17, 15) is 0 Å². The molecule has 3 heterocycles. The number of aryl methyl sites for hydroxylation is 2. The van der Waals surface area contributed by atoms with Gasteiger partial charge in [0.2, 0.25) is 0 Å². The summed E-state index contributed by atoms with van der Waals surface area (Å²) in [6.45, 7) is 6.21. The van der Waals surface area contributed by atoms with Crippen LogP contribution in [0.2, 0.25) is 0 Å². The van der Waals surface area contributed by atoms with Gasteiger partial charge in [0, 0.05) is 25.4 Å². The molecule has 6 nitrogen and oxygen atoms in total. The van der Waals surface area contributed by atoms with E-state index >= 15 is 0 Å². The first-order chi connectivity index (χ1) is 10.7. The third-order valence-corrected chi connectivity index (χ3v) is 4.24. The monoisotopic (exact) mass is 301 g/mol. The van der Waals surface area contributed by atoms with Gasteiger partial charge in [0.15, 0.2) is 11.6 Å². The van der Waals surface area contributed by atoms with Crippen molar-refractivity contribution in [1.82, 2.24) is 20.0 Å². The molecule has 1 N–H and O–H groups in total. The van der Waals surface area contributed by atoms with Crippen molar-refractivity contribution in [1.29, 1.82) is 0 Å². The SMILES string of the molecule is Cc1cc(C)n(-c2ccc(N3CCC[C@@H](CCO)C3)nn2)n1. The molecule has 0 aromatic carbocycles. The molecule has 0 unspecified atom stereocenters. The average molecular weight is 301 g/mol. The van der Waals surface area contributed by atoms with Crippen LogP contribution in [-0.4, -0.2) is 44.8 Å². The van der Waals surface area contributed by atoms with E-state index in [2.05, 4.69) is 20.2 Å². The summed E-state index contributed by atoms with van der Waals surface area (Å²) in [6, 6.07) is 6.01. The zero-order valence-electron chi connectivity index (χ0n) is 13.2. The van der Waals surface area contributed by atoms with E-state index in [0.717, 1.165) is 49.0 Å². The highest BCUT2D eigenvalue weighted by atomic mass is 16.3. The van der Waals surface area contributed by atoms with Crippen molar-refractivity contribution < 1.29 is 5.11 Å². The van der Waals surface area contributed by atoms with E-state index in [1.165, 1.54) is 6.42 Å². The number of hydrogen-bond donors (Lipinski definition) is 1. The Balaban J connectivity index is 1.75. The second-order valence-corrected chi connectivity index (χ2v) is 6.06. The fraction of sp³-hybridized carbons (Fsp3) is 0.562. The van der Waals surface area contributed by atoms with Crippen LogP contribution in [0, 0.1) is 19.8 Å². The second-order valence-electron chi connectivity index (χ2n) is 6.06. The maximum Gasteiger partial charge on any atom is 0.176 e. The van der Waals surface area contributed by atoms with Gasteiger partial charge in [0.25, 0.3) is 0 Å². The van der Waals surface area contributed by atoms with Gasteiger partial charge in [0.05, 0.1) is 5.69 Å². The molecule has 1 aliphatic rings. The highest BCUT2D eigenvalue weighted by molar-refractivity contribution is 5.40.